The Morgan fingerprint density at radius 2 is 1.82 bits per heavy atom. The van der Waals surface area contributed by atoms with Gasteiger partial charge in [-0.15, -0.1) is 0 Å². The molecule has 17 heavy (non-hydrogen) atoms. The van der Waals surface area contributed by atoms with Gasteiger partial charge in [0.25, 0.3) is 0 Å². The van der Waals surface area contributed by atoms with Gasteiger partial charge in [0.15, 0.2) is 0 Å². The Morgan fingerprint density at radius 3 is 2.29 bits per heavy atom. The summed E-state index contributed by atoms with van der Waals surface area (Å²) in [4.78, 5) is 2.71. The molecule has 1 rings (SSSR count). The quantitative estimate of drug-likeness (QED) is 0.687. The van der Waals surface area contributed by atoms with Crippen LogP contribution in [-0.2, 0) is 0 Å². The molecule has 1 atom stereocenters. The minimum Gasteiger partial charge on any atom is -0.315 e. The fourth-order valence-corrected chi connectivity index (χ4v) is 2.76. The van der Waals surface area contributed by atoms with Crippen molar-refractivity contribution >= 4 is 0 Å². The Labute approximate surface area is 108 Å². The number of nitrogens with one attached hydrogen (secondary N) is 1. The maximum Gasteiger partial charge on any atom is 0.0218 e. The molecule has 1 unspecified atom stereocenters. The molecule has 102 valence electrons. The number of rotatable bonds is 7. The molecule has 0 radical (unpaired) electrons. The first-order valence-corrected chi connectivity index (χ1v) is 7.60. The van der Waals surface area contributed by atoms with Crippen molar-refractivity contribution in [2.24, 2.45) is 5.41 Å². The Bertz CT molecular complexity index is 195. The predicted octanol–water partition coefficient (Wildman–Crippen LogP) is 3.28. The molecule has 0 aromatic heterocycles. The zero-order chi connectivity index (χ0) is 12.7. The van der Waals surface area contributed by atoms with Crippen LogP contribution in [0.25, 0.3) is 0 Å². The van der Waals surface area contributed by atoms with E-state index in [9.17, 15) is 0 Å². The standard InChI is InChI=1S/C15H32N2/c1-5-10-16-13-14(6-2)17-11-8-15(4,7-3)9-12-17/h14,16H,5-13H2,1-4H3. The van der Waals surface area contributed by atoms with Crippen molar-refractivity contribution in [3.63, 3.8) is 0 Å². The van der Waals surface area contributed by atoms with Crippen LogP contribution in [-0.4, -0.2) is 37.1 Å². The van der Waals surface area contributed by atoms with E-state index in [1.807, 2.05) is 0 Å². The highest BCUT2D eigenvalue weighted by molar-refractivity contribution is 4.84. The Hall–Kier alpha value is -0.0800. The van der Waals surface area contributed by atoms with E-state index < -0.39 is 0 Å². The third kappa shape index (κ3) is 4.59. The number of hydrogen-bond donors (Lipinski definition) is 1. The summed E-state index contributed by atoms with van der Waals surface area (Å²) in [5.41, 5.74) is 0.617. The van der Waals surface area contributed by atoms with Crippen LogP contribution >= 0.6 is 0 Å². The lowest BCUT2D eigenvalue weighted by molar-refractivity contribution is 0.0785. The van der Waals surface area contributed by atoms with Gasteiger partial charge in [-0.25, -0.2) is 0 Å². The van der Waals surface area contributed by atoms with Crippen LogP contribution < -0.4 is 5.32 Å². The number of hydrogen-bond acceptors (Lipinski definition) is 2. The fraction of sp³-hybridized carbons (Fsp3) is 1.00. The molecule has 1 N–H and O–H groups in total. The highest BCUT2D eigenvalue weighted by Gasteiger charge is 2.30. The highest BCUT2D eigenvalue weighted by Crippen LogP contribution is 2.34. The molecule has 0 saturated carbocycles. The first kappa shape index (κ1) is 15.0. The molecular weight excluding hydrogens is 208 g/mol. The van der Waals surface area contributed by atoms with E-state index >= 15 is 0 Å². The average molecular weight is 240 g/mol. The minimum absolute atomic E-state index is 0.617. The molecule has 1 aliphatic heterocycles. The van der Waals surface area contributed by atoms with Crippen LogP contribution in [0.1, 0.15) is 59.8 Å². The lowest BCUT2D eigenvalue weighted by Gasteiger charge is -2.42. The van der Waals surface area contributed by atoms with Crippen molar-refractivity contribution in [3.05, 3.63) is 0 Å². The molecule has 0 aliphatic carbocycles. The maximum absolute atomic E-state index is 3.58. The molecule has 1 fully saturated rings. The molecule has 1 saturated heterocycles. The van der Waals surface area contributed by atoms with Crippen LogP contribution in [0.4, 0.5) is 0 Å². The lowest BCUT2D eigenvalue weighted by atomic mass is 9.78. The normalized spacial score (nSPS) is 22.6. The van der Waals surface area contributed by atoms with E-state index in [4.69, 9.17) is 0 Å². The van der Waals surface area contributed by atoms with Gasteiger partial charge in [-0.2, -0.15) is 0 Å². The number of piperidine rings is 1. The minimum atomic E-state index is 0.617. The van der Waals surface area contributed by atoms with Crippen molar-refractivity contribution in [1.29, 1.82) is 0 Å². The van der Waals surface area contributed by atoms with Gasteiger partial charge in [0, 0.05) is 12.6 Å². The summed E-state index contributed by atoms with van der Waals surface area (Å²) in [6.45, 7) is 14.3. The summed E-state index contributed by atoms with van der Waals surface area (Å²) in [5.74, 6) is 0. The van der Waals surface area contributed by atoms with Crippen molar-refractivity contribution in [1.82, 2.24) is 10.2 Å². The molecule has 0 bridgehead atoms. The largest absolute Gasteiger partial charge is 0.315 e. The first-order chi connectivity index (χ1) is 8.15. The molecule has 0 aromatic rings. The molecule has 0 aromatic carbocycles. The second-order valence-corrected chi connectivity index (χ2v) is 5.97. The Morgan fingerprint density at radius 1 is 1.18 bits per heavy atom. The molecule has 1 aliphatic rings. The van der Waals surface area contributed by atoms with Gasteiger partial charge in [0.2, 0.25) is 0 Å². The summed E-state index contributed by atoms with van der Waals surface area (Å²) < 4.78 is 0. The van der Waals surface area contributed by atoms with Gasteiger partial charge in [0.05, 0.1) is 0 Å². The first-order valence-electron chi connectivity index (χ1n) is 7.60. The number of likely N-dealkylation sites (tertiary alicyclic amines) is 1. The zero-order valence-electron chi connectivity index (χ0n) is 12.4. The average Bonchev–Trinajstić information content (AvgIpc) is 2.36. The topological polar surface area (TPSA) is 15.3 Å². The second kappa shape index (κ2) is 7.38. The molecule has 1 heterocycles. The third-order valence-corrected chi connectivity index (χ3v) is 4.65. The van der Waals surface area contributed by atoms with Crippen LogP contribution in [0.15, 0.2) is 0 Å². The van der Waals surface area contributed by atoms with Gasteiger partial charge in [0.1, 0.15) is 0 Å². The molecule has 2 heteroatoms. The van der Waals surface area contributed by atoms with Gasteiger partial charge in [-0.05, 0) is 50.7 Å². The summed E-state index contributed by atoms with van der Waals surface area (Å²) in [6, 6.07) is 0.753. The van der Waals surface area contributed by atoms with Crippen LogP contribution in [0.2, 0.25) is 0 Å². The summed E-state index contributed by atoms with van der Waals surface area (Å²) >= 11 is 0. The van der Waals surface area contributed by atoms with Crippen molar-refractivity contribution in [3.8, 4) is 0 Å². The second-order valence-electron chi connectivity index (χ2n) is 5.97. The molecule has 2 nitrogen and oxygen atoms in total. The number of nitrogens with zero attached hydrogens (tertiary/aromatic N) is 1. The van der Waals surface area contributed by atoms with Crippen LogP contribution in [0.3, 0.4) is 0 Å². The highest BCUT2D eigenvalue weighted by atomic mass is 15.2. The van der Waals surface area contributed by atoms with E-state index in [1.54, 1.807) is 0 Å². The molecular formula is C15H32N2. The molecule has 0 amide bonds. The smallest absolute Gasteiger partial charge is 0.0218 e. The van der Waals surface area contributed by atoms with E-state index in [0.29, 0.717) is 5.41 Å². The zero-order valence-corrected chi connectivity index (χ0v) is 12.4. The summed E-state index contributed by atoms with van der Waals surface area (Å²) in [6.07, 6.45) is 6.62. The van der Waals surface area contributed by atoms with Crippen molar-refractivity contribution in [2.75, 3.05) is 26.2 Å². The van der Waals surface area contributed by atoms with E-state index in [0.717, 1.165) is 12.6 Å². The van der Waals surface area contributed by atoms with Gasteiger partial charge in [-0.1, -0.05) is 34.1 Å². The predicted molar refractivity (Wildman–Crippen MR) is 76.4 cm³/mol. The summed E-state index contributed by atoms with van der Waals surface area (Å²) in [7, 11) is 0. The van der Waals surface area contributed by atoms with E-state index in [1.165, 1.54) is 51.7 Å². The van der Waals surface area contributed by atoms with Crippen molar-refractivity contribution < 1.29 is 0 Å². The van der Waals surface area contributed by atoms with E-state index in [-0.39, 0.29) is 0 Å². The fourth-order valence-electron chi connectivity index (χ4n) is 2.76. The van der Waals surface area contributed by atoms with Crippen LogP contribution in [0, 0.1) is 5.41 Å². The SMILES string of the molecule is CCCNCC(CC)N1CCC(C)(CC)CC1. The molecule has 0 spiro atoms. The Kier molecular flexibility index (Phi) is 6.50. The monoisotopic (exact) mass is 240 g/mol. The van der Waals surface area contributed by atoms with Gasteiger partial charge in [-0.3, -0.25) is 4.90 Å². The van der Waals surface area contributed by atoms with Crippen molar-refractivity contribution in [2.45, 2.75) is 65.8 Å². The third-order valence-electron chi connectivity index (χ3n) is 4.65. The Balaban J connectivity index is 2.34. The van der Waals surface area contributed by atoms with Gasteiger partial charge >= 0.3 is 0 Å². The lowest BCUT2D eigenvalue weighted by Crippen LogP contribution is -2.48. The summed E-state index contributed by atoms with van der Waals surface area (Å²) in [5, 5.41) is 3.58. The van der Waals surface area contributed by atoms with Crippen LogP contribution in [0.5, 0.6) is 0 Å². The maximum atomic E-state index is 3.58. The van der Waals surface area contributed by atoms with Gasteiger partial charge < -0.3 is 5.32 Å². The van der Waals surface area contributed by atoms with E-state index in [2.05, 4.69) is 37.9 Å².